The van der Waals surface area contributed by atoms with Crippen LogP contribution in [0.3, 0.4) is 0 Å². The predicted octanol–water partition coefficient (Wildman–Crippen LogP) is 3.48. The van der Waals surface area contributed by atoms with Gasteiger partial charge in [0.15, 0.2) is 5.78 Å². The number of amides is 1. The Balaban J connectivity index is 2.22. The lowest BCUT2D eigenvalue weighted by Gasteiger charge is -2.22. The average Bonchev–Trinajstić information content (AvgIpc) is 2.42. The molecule has 1 unspecified atom stereocenters. The van der Waals surface area contributed by atoms with Crippen LogP contribution < -0.4 is 5.32 Å². The summed E-state index contributed by atoms with van der Waals surface area (Å²) in [6.45, 7) is 1.92. The van der Waals surface area contributed by atoms with E-state index in [0.29, 0.717) is 30.0 Å². The molecule has 2 N–H and O–H groups in total. The molecule has 0 spiro atoms. The van der Waals surface area contributed by atoms with Crippen LogP contribution in [0.25, 0.3) is 0 Å². The van der Waals surface area contributed by atoms with Crippen LogP contribution >= 0.6 is 11.6 Å². The number of halogens is 1. The third-order valence-electron chi connectivity index (χ3n) is 3.46. The molecule has 1 aliphatic carbocycles. The highest BCUT2D eigenvalue weighted by molar-refractivity contribution is 6.30. The Labute approximate surface area is 122 Å². The summed E-state index contributed by atoms with van der Waals surface area (Å²) in [5.74, 6) is -1.07. The summed E-state index contributed by atoms with van der Waals surface area (Å²) in [5.41, 5.74) is 0.421. The summed E-state index contributed by atoms with van der Waals surface area (Å²) < 4.78 is 0. The number of aliphatic hydroxyl groups is 1. The van der Waals surface area contributed by atoms with Crippen molar-refractivity contribution in [3.8, 4) is 0 Å². The van der Waals surface area contributed by atoms with Crippen LogP contribution in [-0.4, -0.2) is 16.8 Å². The lowest BCUT2D eigenvalue weighted by Crippen LogP contribution is -2.28. The van der Waals surface area contributed by atoms with Gasteiger partial charge in [0, 0.05) is 23.0 Å². The van der Waals surface area contributed by atoms with Gasteiger partial charge in [-0.2, -0.15) is 0 Å². The van der Waals surface area contributed by atoms with Gasteiger partial charge in [-0.05, 0) is 37.1 Å². The van der Waals surface area contributed by atoms with E-state index in [0.717, 1.165) is 0 Å². The first-order valence-electron chi connectivity index (χ1n) is 6.56. The largest absolute Gasteiger partial charge is 0.511 e. The molecule has 0 heterocycles. The first-order valence-corrected chi connectivity index (χ1v) is 6.94. The van der Waals surface area contributed by atoms with Gasteiger partial charge in [-0.1, -0.05) is 18.5 Å². The molecule has 0 bridgehead atoms. The summed E-state index contributed by atoms with van der Waals surface area (Å²) in [7, 11) is 0. The van der Waals surface area contributed by atoms with Crippen LogP contribution in [0.1, 0.15) is 26.2 Å². The van der Waals surface area contributed by atoms with Crippen LogP contribution in [0.2, 0.25) is 5.02 Å². The van der Waals surface area contributed by atoms with E-state index in [1.165, 1.54) is 0 Å². The number of benzene rings is 1. The van der Waals surface area contributed by atoms with Gasteiger partial charge < -0.3 is 10.4 Å². The van der Waals surface area contributed by atoms with Crippen molar-refractivity contribution < 1.29 is 14.7 Å². The average molecular weight is 294 g/mol. The zero-order chi connectivity index (χ0) is 14.7. The molecule has 1 amide bonds. The number of Topliss-reactive ketones (excluding diaryl/α,β-unsaturated/α-hetero) is 1. The molecule has 0 fully saturated rings. The zero-order valence-corrected chi connectivity index (χ0v) is 11.9. The minimum Gasteiger partial charge on any atom is -0.511 e. The molecule has 1 aliphatic rings. The number of ketones is 1. The number of hydrogen-bond acceptors (Lipinski definition) is 3. The number of allylic oxidation sites excluding steroid dienone is 1. The summed E-state index contributed by atoms with van der Waals surface area (Å²) in [6, 6.07) is 6.57. The molecule has 1 atom stereocenters. The van der Waals surface area contributed by atoms with E-state index in [1.54, 1.807) is 24.3 Å². The maximum absolute atomic E-state index is 12.2. The standard InChI is InChI=1S/C15H16ClNO3/c1-2-9-3-8-12(18)13(14(9)19)15(20)17-11-6-4-10(16)5-7-11/h4-7,9,19H,2-3,8H2,1H3,(H,17,20). The van der Waals surface area contributed by atoms with Crippen molar-refractivity contribution in [2.24, 2.45) is 5.92 Å². The summed E-state index contributed by atoms with van der Waals surface area (Å²) in [4.78, 5) is 24.0. The number of nitrogens with one attached hydrogen (secondary N) is 1. The van der Waals surface area contributed by atoms with Gasteiger partial charge >= 0.3 is 0 Å². The van der Waals surface area contributed by atoms with Crippen molar-refractivity contribution >= 4 is 29.0 Å². The minimum atomic E-state index is -0.562. The molecule has 20 heavy (non-hydrogen) atoms. The van der Waals surface area contributed by atoms with Gasteiger partial charge in [0.25, 0.3) is 5.91 Å². The summed E-state index contributed by atoms with van der Waals surface area (Å²) in [5, 5.41) is 13.2. The maximum atomic E-state index is 12.2. The van der Waals surface area contributed by atoms with Crippen LogP contribution in [0.15, 0.2) is 35.6 Å². The fourth-order valence-electron chi connectivity index (χ4n) is 2.28. The molecule has 5 heteroatoms. The highest BCUT2D eigenvalue weighted by Gasteiger charge is 2.31. The highest BCUT2D eigenvalue weighted by atomic mass is 35.5. The lowest BCUT2D eigenvalue weighted by atomic mass is 9.85. The fraction of sp³-hybridized carbons (Fsp3) is 0.333. The van der Waals surface area contributed by atoms with E-state index in [1.807, 2.05) is 6.92 Å². The van der Waals surface area contributed by atoms with Crippen molar-refractivity contribution in [1.82, 2.24) is 0 Å². The second kappa shape index (κ2) is 6.09. The van der Waals surface area contributed by atoms with Crippen molar-refractivity contribution in [3.05, 3.63) is 40.6 Å². The molecule has 0 radical (unpaired) electrons. The topological polar surface area (TPSA) is 66.4 Å². The third-order valence-corrected chi connectivity index (χ3v) is 3.72. The number of carbonyl (C=O) groups is 2. The highest BCUT2D eigenvalue weighted by Crippen LogP contribution is 2.29. The zero-order valence-electron chi connectivity index (χ0n) is 11.1. The molecule has 1 aromatic rings. The van der Waals surface area contributed by atoms with Gasteiger partial charge in [0.1, 0.15) is 11.3 Å². The number of hydrogen-bond donors (Lipinski definition) is 2. The Bertz CT molecular complexity index is 563. The number of aliphatic hydroxyl groups excluding tert-OH is 1. The number of carbonyl (C=O) groups excluding carboxylic acids is 2. The number of anilines is 1. The van der Waals surface area contributed by atoms with E-state index in [2.05, 4.69) is 5.32 Å². The molecule has 2 rings (SSSR count). The van der Waals surface area contributed by atoms with Gasteiger partial charge in [-0.25, -0.2) is 0 Å². The first-order chi connectivity index (χ1) is 9.52. The Kier molecular flexibility index (Phi) is 4.45. The van der Waals surface area contributed by atoms with Gasteiger partial charge in [-0.15, -0.1) is 0 Å². The van der Waals surface area contributed by atoms with Crippen molar-refractivity contribution in [2.75, 3.05) is 5.32 Å². The molecule has 4 nitrogen and oxygen atoms in total. The first kappa shape index (κ1) is 14.6. The van der Waals surface area contributed by atoms with E-state index < -0.39 is 5.91 Å². The number of rotatable bonds is 3. The molecular formula is C15H16ClNO3. The molecule has 1 aromatic carbocycles. The second-order valence-electron chi connectivity index (χ2n) is 4.79. The fourth-order valence-corrected chi connectivity index (χ4v) is 2.41. The van der Waals surface area contributed by atoms with Gasteiger partial charge in [-0.3, -0.25) is 9.59 Å². The van der Waals surface area contributed by atoms with Crippen molar-refractivity contribution in [3.63, 3.8) is 0 Å². The van der Waals surface area contributed by atoms with Crippen LogP contribution in [0, 0.1) is 5.92 Å². The van der Waals surface area contributed by atoms with Crippen LogP contribution in [-0.2, 0) is 9.59 Å². The maximum Gasteiger partial charge on any atom is 0.262 e. The van der Waals surface area contributed by atoms with Gasteiger partial charge in [0.2, 0.25) is 0 Å². The molecule has 106 valence electrons. The summed E-state index contributed by atoms with van der Waals surface area (Å²) in [6.07, 6.45) is 1.60. The Morgan fingerprint density at radius 1 is 1.40 bits per heavy atom. The van der Waals surface area contributed by atoms with E-state index in [4.69, 9.17) is 11.6 Å². The Morgan fingerprint density at radius 2 is 2.05 bits per heavy atom. The van der Waals surface area contributed by atoms with E-state index in [-0.39, 0.29) is 23.0 Å². The molecule has 0 aromatic heterocycles. The van der Waals surface area contributed by atoms with Crippen molar-refractivity contribution in [1.29, 1.82) is 0 Å². The van der Waals surface area contributed by atoms with E-state index in [9.17, 15) is 14.7 Å². The molecule has 0 aliphatic heterocycles. The third kappa shape index (κ3) is 3.02. The Morgan fingerprint density at radius 3 is 2.65 bits per heavy atom. The van der Waals surface area contributed by atoms with Gasteiger partial charge in [0.05, 0.1) is 0 Å². The van der Waals surface area contributed by atoms with Crippen molar-refractivity contribution in [2.45, 2.75) is 26.2 Å². The Hall–Kier alpha value is -1.81. The molecule has 0 saturated heterocycles. The quantitative estimate of drug-likeness (QED) is 0.839. The summed E-state index contributed by atoms with van der Waals surface area (Å²) >= 11 is 5.77. The normalized spacial score (nSPS) is 19.1. The minimum absolute atomic E-state index is 0.0878. The molecular weight excluding hydrogens is 278 g/mol. The lowest BCUT2D eigenvalue weighted by molar-refractivity contribution is -0.121. The predicted molar refractivity (Wildman–Crippen MR) is 77.8 cm³/mol. The van der Waals surface area contributed by atoms with E-state index >= 15 is 0 Å². The monoisotopic (exact) mass is 293 g/mol. The van der Waals surface area contributed by atoms with Crippen LogP contribution in [0.4, 0.5) is 5.69 Å². The SMILES string of the molecule is CCC1CCC(=O)C(C(=O)Nc2ccc(Cl)cc2)=C1O. The smallest absolute Gasteiger partial charge is 0.262 e. The molecule has 0 saturated carbocycles. The second-order valence-corrected chi connectivity index (χ2v) is 5.22. The van der Waals surface area contributed by atoms with Crippen LogP contribution in [0.5, 0.6) is 0 Å².